The molecule has 2 unspecified atom stereocenters. The van der Waals surface area contributed by atoms with Gasteiger partial charge in [0.15, 0.2) is 17.9 Å². The summed E-state index contributed by atoms with van der Waals surface area (Å²) in [5.41, 5.74) is 0.469. The number of unbranched alkanes of at least 4 members (excludes halogenated alkanes) is 2. The van der Waals surface area contributed by atoms with E-state index >= 15 is 0 Å². The Balaban J connectivity index is 0.00000161. The van der Waals surface area contributed by atoms with Gasteiger partial charge in [0.2, 0.25) is 0 Å². The second-order valence-corrected chi connectivity index (χ2v) is 9.51. The summed E-state index contributed by atoms with van der Waals surface area (Å²) in [6.45, 7) is 11.3. The zero-order chi connectivity index (χ0) is 23.9. The molecule has 3 nitrogen and oxygen atoms in total. The molecule has 0 aliphatic heterocycles. The van der Waals surface area contributed by atoms with Gasteiger partial charge in [0.25, 0.3) is 0 Å². The van der Waals surface area contributed by atoms with Crippen LogP contribution in [0.25, 0.3) is 0 Å². The molecule has 0 N–H and O–H groups in total. The molecule has 0 aromatic heterocycles. The lowest BCUT2D eigenvalue weighted by Crippen LogP contribution is -2.24. The predicted octanol–water partition coefficient (Wildman–Crippen LogP) is 8.65. The lowest BCUT2D eigenvalue weighted by molar-refractivity contribution is -0.145. The van der Waals surface area contributed by atoms with E-state index in [1.54, 1.807) is 0 Å². The van der Waals surface area contributed by atoms with Crippen LogP contribution in [0.15, 0.2) is 23.0 Å². The Kier molecular flexibility index (Phi) is 15.1. The maximum atomic E-state index is 14.3. The van der Waals surface area contributed by atoms with Crippen LogP contribution in [0.2, 0.25) is 0 Å². The summed E-state index contributed by atoms with van der Waals surface area (Å²) in [7, 11) is 1.37. The fraction of sp³-hybridized carbons (Fsp3) is 0.852. The van der Waals surface area contributed by atoms with Crippen molar-refractivity contribution in [3.05, 3.63) is 23.0 Å². The lowest BCUT2D eigenvalue weighted by Gasteiger charge is -2.29. The van der Waals surface area contributed by atoms with Crippen LogP contribution in [0.5, 0.6) is 0 Å². The van der Waals surface area contributed by atoms with Crippen LogP contribution in [0.1, 0.15) is 105 Å². The Hall–Kier alpha value is -0.940. The molecule has 2 atom stereocenters. The van der Waals surface area contributed by atoms with E-state index in [0.29, 0.717) is 30.9 Å². The molecule has 0 aromatic rings. The van der Waals surface area contributed by atoms with Crippen molar-refractivity contribution in [3.63, 3.8) is 0 Å². The highest BCUT2D eigenvalue weighted by atomic mass is 19.2. The summed E-state index contributed by atoms with van der Waals surface area (Å²) >= 11 is 0. The monoisotopic (exact) mass is 458 g/mol. The second-order valence-electron chi connectivity index (χ2n) is 9.51. The zero-order valence-corrected chi connectivity index (χ0v) is 21.5. The molecule has 2 aliphatic rings. The van der Waals surface area contributed by atoms with Gasteiger partial charge in [0.1, 0.15) is 5.76 Å². The minimum Gasteiger partial charge on any atom is -0.498 e. The van der Waals surface area contributed by atoms with E-state index in [1.807, 2.05) is 13.8 Å². The number of methoxy groups -OCH3 is 1. The molecule has 0 radical (unpaired) electrons. The van der Waals surface area contributed by atoms with Crippen molar-refractivity contribution in [2.75, 3.05) is 20.3 Å². The molecule has 188 valence electrons. The molecule has 0 aromatic carbocycles. The fourth-order valence-corrected chi connectivity index (χ4v) is 4.46. The first-order valence-corrected chi connectivity index (χ1v) is 12.9. The van der Waals surface area contributed by atoms with E-state index in [0.717, 1.165) is 12.5 Å². The van der Waals surface area contributed by atoms with Crippen LogP contribution in [-0.2, 0) is 14.2 Å². The molecular formula is C27H48F2O3. The summed E-state index contributed by atoms with van der Waals surface area (Å²) in [4.78, 5) is 0. The molecule has 1 saturated carbocycles. The minimum absolute atomic E-state index is 0.0937. The van der Waals surface area contributed by atoms with Gasteiger partial charge in [-0.2, -0.15) is 0 Å². The van der Waals surface area contributed by atoms with Crippen LogP contribution in [0.4, 0.5) is 8.78 Å². The fourth-order valence-electron chi connectivity index (χ4n) is 4.46. The third-order valence-electron chi connectivity index (χ3n) is 6.51. The molecule has 0 saturated heterocycles. The van der Waals surface area contributed by atoms with Gasteiger partial charge in [-0.25, -0.2) is 8.78 Å². The van der Waals surface area contributed by atoms with Crippen molar-refractivity contribution in [2.24, 2.45) is 17.8 Å². The van der Waals surface area contributed by atoms with E-state index in [1.165, 1.54) is 64.9 Å². The summed E-state index contributed by atoms with van der Waals surface area (Å²) in [6.07, 6.45) is 12.3. The Morgan fingerprint density at radius 3 is 2.09 bits per heavy atom. The normalized spacial score (nSPS) is 23.5. The maximum Gasteiger partial charge on any atom is 0.196 e. The van der Waals surface area contributed by atoms with Gasteiger partial charge in [0.05, 0.1) is 20.3 Å². The summed E-state index contributed by atoms with van der Waals surface area (Å²) < 4.78 is 44.8. The highest BCUT2D eigenvalue weighted by Gasteiger charge is 2.27. The Bertz CT molecular complexity index is 565. The van der Waals surface area contributed by atoms with Gasteiger partial charge in [0, 0.05) is 12.3 Å². The van der Waals surface area contributed by atoms with E-state index in [4.69, 9.17) is 14.2 Å². The first kappa shape index (κ1) is 29.1. The molecule has 0 spiro atoms. The molecule has 5 heteroatoms. The molecule has 1 fully saturated rings. The molecule has 2 rings (SSSR count). The average Bonchev–Trinajstić information content (AvgIpc) is 2.79. The molecule has 0 bridgehead atoms. The van der Waals surface area contributed by atoms with Crippen LogP contribution in [0.3, 0.4) is 0 Å². The SMILES string of the molecule is CCC.CCCCCC1CCC(COC(C)OCC(C)C2=C(F)C(F)=C(OC)CC2)CC1. The van der Waals surface area contributed by atoms with Crippen LogP contribution < -0.4 is 0 Å². The summed E-state index contributed by atoms with van der Waals surface area (Å²) in [5.74, 6) is -0.228. The number of halogens is 2. The quantitative estimate of drug-likeness (QED) is 0.216. The molecule has 32 heavy (non-hydrogen) atoms. The van der Waals surface area contributed by atoms with E-state index < -0.39 is 11.7 Å². The first-order chi connectivity index (χ1) is 15.4. The minimum atomic E-state index is -0.866. The van der Waals surface area contributed by atoms with Gasteiger partial charge in [-0.05, 0) is 43.6 Å². The second kappa shape index (κ2) is 16.6. The number of hydrogen-bond acceptors (Lipinski definition) is 3. The van der Waals surface area contributed by atoms with Gasteiger partial charge in [-0.15, -0.1) is 0 Å². The molecule has 2 aliphatic carbocycles. The highest BCUT2D eigenvalue weighted by Crippen LogP contribution is 2.36. The van der Waals surface area contributed by atoms with Gasteiger partial charge < -0.3 is 14.2 Å². The van der Waals surface area contributed by atoms with Crippen LogP contribution in [0, 0.1) is 17.8 Å². The van der Waals surface area contributed by atoms with Crippen molar-refractivity contribution < 1.29 is 23.0 Å². The molecular weight excluding hydrogens is 410 g/mol. The largest absolute Gasteiger partial charge is 0.498 e. The van der Waals surface area contributed by atoms with Crippen LogP contribution >= 0.6 is 0 Å². The van der Waals surface area contributed by atoms with Crippen molar-refractivity contribution in [1.82, 2.24) is 0 Å². The third-order valence-corrected chi connectivity index (χ3v) is 6.51. The highest BCUT2D eigenvalue weighted by molar-refractivity contribution is 5.33. The van der Waals surface area contributed by atoms with Crippen molar-refractivity contribution >= 4 is 0 Å². The standard InChI is InChI=1S/C24H40F2O3.C3H8/c1-5-6-7-8-19-9-11-20(12-10-19)16-29-18(3)28-15-17(2)21-13-14-22(27-4)24(26)23(21)25;1-3-2/h17-20H,5-16H2,1-4H3;3H2,1-2H3. The average molecular weight is 459 g/mol. The zero-order valence-electron chi connectivity index (χ0n) is 21.5. The third kappa shape index (κ3) is 10.3. The predicted molar refractivity (Wildman–Crippen MR) is 129 cm³/mol. The number of ether oxygens (including phenoxy) is 3. The lowest BCUT2D eigenvalue weighted by atomic mass is 9.80. The topological polar surface area (TPSA) is 27.7 Å². The van der Waals surface area contributed by atoms with E-state index in [-0.39, 0.29) is 18.0 Å². The Morgan fingerprint density at radius 2 is 1.50 bits per heavy atom. The summed E-state index contributed by atoms with van der Waals surface area (Å²) in [5, 5.41) is 0. The van der Waals surface area contributed by atoms with Crippen molar-refractivity contribution in [2.45, 2.75) is 112 Å². The number of rotatable bonds is 12. The Morgan fingerprint density at radius 1 is 0.875 bits per heavy atom. The van der Waals surface area contributed by atoms with Crippen LogP contribution in [-0.4, -0.2) is 26.6 Å². The van der Waals surface area contributed by atoms with Crippen molar-refractivity contribution in [3.8, 4) is 0 Å². The van der Waals surface area contributed by atoms with Gasteiger partial charge >= 0.3 is 0 Å². The first-order valence-electron chi connectivity index (χ1n) is 12.9. The molecule has 0 amide bonds. The van der Waals surface area contributed by atoms with E-state index in [2.05, 4.69) is 20.8 Å². The van der Waals surface area contributed by atoms with Gasteiger partial charge in [-0.1, -0.05) is 72.6 Å². The number of allylic oxidation sites excluding steroid dienone is 3. The molecule has 0 heterocycles. The summed E-state index contributed by atoms with van der Waals surface area (Å²) in [6, 6.07) is 0. The van der Waals surface area contributed by atoms with Gasteiger partial charge in [-0.3, -0.25) is 0 Å². The smallest absolute Gasteiger partial charge is 0.196 e. The maximum absolute atomic E-state index is 14.3. The number of hydrogen-bond donors (Lipinski definition) is 0. The van der Waals surface area contributed by atoms with Crippen molar-refractivity contribution in [1.29, 1.82) is 0 Å². The van der Waals surface area contributed by atoms with E-state index in [9.17, 15) is 8.78 Å². The Labute approximate surface area is 196 Å².